The Morgan fingerprint density at radius 2 is 1.87 bits per heavy atom. The summed E-state index contributed by atoms with van der Waals surface area (Å²) < 4.78 is 7.86. The summed E-state index contributed by atoms with van der Waals surface area (Å²) in [6.45, 7) is 3.29. The lowest BCUT2D eigenvalue weighted by atomic mass is 9.97. The molecule has 0 aliphatic carbocycles. The monoisotopic (exact) mass is 423 g/mol. The maximum absolute atomic E-state index is 12.9. The average Bonchev–Trinajstić information content (AvgIpc) is 3.23. The highest BCUT2D eigenvalue weighted by atomic mass is 16.5. The van der Waals surface area contributed by atoms with Gasteiger partial charge in [0.2, 0.25) is 5.91 Å². The molecular weight excluding hydrogens is 398 g/mol. The van der Waals surface area contributed by atoms with Crippen molar-refractivity contribution in [2.24, 2.45) is 5.92 Å². The van der Waals surface area contributed by atoms with Gasteiger partial charge in [0, 0.05) is 26.1 Å². The molecule has 0 unspecified atom stereocenters. The average molecular weight is 423 g/mol. The molecule has 1 aliphatic heterocycles. The molecular formula is C22H25N5O4. The summed E-state index contributed by atoms with van der Waals surface area (Å²) in [5.41, 5.74) is 2.23. The van der Waals surface area contributed by atoms with E-state index in [4.69, 9.17) is 4.74 Å². The Morgan fingerprint density at radius 1 is 1.16 bits per heavy atom. The number of piperidine rings is 1. The van der Waals surface area contributed by atoms with Crippen LogP contribution in [0.25, 0.3) is 16.7 Å². The number of benzene rings is 1. The molecule has 1 aromatic carbocycles. The zero-order valence-corrected chi connectivity index (χ0v) is 17.7. The van der Waals surface area contributed by atoms with Crippen molar-refractivity contribution in [3.05, 3.63) is 52.7 Å². The maximum atomic E-state index is 12.9. The number of rotatable bonds is 5. The summed E-state index contributed by atoms with van der Waals surface area (Å²) in [7, 11) is 1.38. The number of fused-ring (bicyclic) bond motifs is 1. The predicted octanol–water partition coefficient (Wildman–Crippen LogP) is 1.69. The number of carbonyl (C=O) groups is 2. The van der Waals surface area contributed by atoms with E-state index in [9.17, 15) is 14.4 Å². The standard InChI is InChI=1S/C22H25N5O4/c1-15-3-5-17(6-4-15)27-20-18(13-24-27)21(29)26(14-23-20)12-9-19(28)25-10-7-16(8-11-25)22(30)31-2/h3-6,13-14,16H,7-12H2,1-2H3. The molecule has 3 heterocycles. The summed E-state index contributed by atoms with van der Waals surface area (Å²) in [6.07, 6.45) is 4.38. The van der Waals surface area contributed by atoms with E-state index in [1.165, 1.54) is 24.2 Å². The van der Waals surface area contributed by atoms with Crippen LogP contribution in [0.15, 0.2) is 41.6 Å². The van der Waals surface area contributed by atoms with Crippen LogP contribution in [-0.4, -0.2) is 56.3 Å². The number of methoxy groups -OCH3 is 1. The van der Waals surface area contributed by atoms with E-state index in [2.05, 4.69) is 10.1 Å². The van der Waals surface area contributed by atoms with E-state index in [-0.39, 0.29) is 36.3 Å². The Bertz CT molecular complexity index is 1160. The van der Waals surface area contributed by atoms with E-state index in [1.807, 2.05) is 31.2 Å². The van der Waals surface area contributed by atoms with Crippen LogP contribution in [0.2, 0.25) is 0 Å². The van der Waals surface area contributed by atoms with Gasteiger partial charge in [0.1, 0.15) is 5.39 Å². The molecule has 0 saturated carbocycles. The van der Waals surface area contributed by atoms with Crippen molar-refractivity contribution in [3.63, 3.8) is 0 Å². The lowest BCUT2D eigenvalue weighted by molar-refractivity contribution is -0.148. The second kappa shape index (κ2) is 8.71. The van der Waals surface area contributed by atoms with Gasteiger partial charge in [0.05, 0.1) is 31.2 Å². The number of likely N-dealkylation sites (tertiary alicyclic amines) is 1. The normalized spacial score (nSPS) is 14.7. The lowest BCUT2D eigenvalue weighted by Gasteiger charge is -2.30. The molecule has 0 atom stereocenters. The molecule has 2 aromatic heterocycles. The van der Waals surface area contributed by atoms with Crippen LogP contribution in [-0.2, 0) is 20.9 Å². The van der Waals surface area contributed by atoms with Gasteiger partial charge in [0.25, 0.3) is 5.56 Å². The minimum absolute atomic E-state index is 0.0364. The highest BCUT2D eigenvalue weighted by molar-refractivity contribution is 5.78. The molecule has 31 heavy (non-hydrogen) atoms. The Kier molecular flexibility index (Phi) is 5.83. The minimum atomic E-state index is -0.222. The first-order valence-electron chi connectivity index (χ1n) is 10.3. The van der Waals surface area contributed by atoms with Gasteiger partial charge in [-0.1, -0.05) is 17.7 Å². The molecule has 162 valence electrons. The van der Waals surface area contributed by atoms with Gasteiger partial charge in [-0.3, -0.25) is 19.0 Å². The SMILES string of the molecule is COC(=O)C1CCN(C(=O)CCn2cnc3c(cnn3-c3ccc(C)cc3)c2=O)CC1. The van der Waals surface area contributed by atoms with Gasteiger partial charge in [-0.2, -0.15) is 5.10 Å². The number of aromatic nitrogens is 4. The molecule has 1 amide bonds. The first-order chi connectivity index (χ1) is 15.0. The Morgan fingerprint density at radius 3 is 2.55 bits per heavy atom. The lowest BCUT2D eigenvalue weighted by Crippen LogP contribution is -2.41. The van der Waals surface area contributed by atoms with Crippen LogP contribution in [0.1, 0.15) is 24.8 Å². The van der Waals surface area contributed by atoms with E-state index >= 15 is 0 Å². The Hall–Kier alpha value is -3.49. The molecule has 4 rings (SSSR count). The number of amides is 1. The second-order valence-corrected chi connectivity index (χ2v) is 7.80. The van der Waals surface area contributed by atoms with Crippen molar-refractivity contribution >= 4 is 22.9 Å². The number of carbonyl (C=O) groups excluding carboxylic acids is 2. The third-order valence-electron chi connectivity index (χ3n) is 5.78. The van der Waals surface area contributed by atoms with Gasteiger partial charge in [-0.25, -0.2) is 9.67 Å². The molecule has 1 aliphatic rings. The summed E-state index contributed by atoms with van der Waals surface area (Å²) in [5.74, 6) is -0.400. The Balaban J connectivity index is 1.43. The second-order valence-electron chi connectivity index (χ2n) is 7.80. The number of hydrogen-bond acceptors (Lipinski definition) is 6. The molecule has 1 fully saturated rings. The number of nitrogens with zero attached hydrogens (tertiary/aromatic N) is 5. The maximum Gasteiger partial charge on any atom is 0.308 e. The molecule has 3 aromatic rings. The molecule has 0 spiro atoms. The number of hydrogen-bond donors (Lipinski definition) is 0. The van der Waals surface area contributed by atoms with E-state index < -0.39 is 0 Å². The van der Waals surface area contributed by atoms with Crippen LogP contribution in [0, 0.1) is 12.8 Å². The van der Waals surface area contributed by atoms with Gasteiger partial charge in [0.15, 0.2) is 5.65 Å². The fraction of sp³-hybridized carbons (Fsp3) is 0.409. The van der Waals surface area contributed by atoms with Crippen LogP contribution in [0.5, 0.6) is 0 Å². The molecule has 1 saturated heterocycles. The van der Waals surface area contributed by atoms with Crippen LogP contribution >= 0.6 is 0 Å². The van der Waals surface area contributed by atoms with Crippen LogP contribution < -0.4 is 5.56 Å². The third kappa shape index (κ3) is 4.21. The zero-order valence-electron chi connectivity index (χ0n) is 17.7. The fourth-order valence-corrected chi connectivity index (χ4v) is 3.89. The fourth-order valence-electron chi connectivity index (χ4n) is 3.89. The molecule has 0 radical (unpaired) electrons. The number of esters is 1. The number of aryl methyl sites for hydroxylation is 2. The summed E-state index contributed by atoms with van der Waals surface area (Å²) in [5, 5.41) is 4.73. The van der Waals surface area contributed by atoms with E-state index in [1.54, 1.807) is 9.58 Å². The quantitative estimate of drug-likeness (QED) is 0.579. The van der Waals surface area contributed by atoms with E-state index in [0.29, 0.717) is 37.0 Å². The number of ether oxygens (including phenoxy) is 1. The minimum Gasteiger partial charge on any atom is -0.469 e. The van der Waals surface area contributed by atoms with Crippen molar-refractivity contribution in [1.82, 2.24) is 24.2 Å². The third-order valence-corrected chi connectivity index (χ3v) is 5.78. The molecule has 9 heteroatoms. The highest BCUT2D eigenvalue weighted by Crippen LogP contribution is 2.19. The largest absolute Gasteiger partial charge is 0.469 e. The van der Waals surface area contributed by atoms with Crippen LogP contribution in [0.3, 0.4) is 0 Å². The highest BCUT2D eigenvalue weighted by Gasteiger charge is 2.27. The smallest absolute Gasteiger partial charge is 0.308 e. The zero-order chi connectivity index (χ0) is 22.0. The predicted molar refractivity (Wildman–Crippen MR) is 114 cm³/mol. The summed E-state index contributed by atoms with van der Waals surface area (Å²) in [6, 6.07) is 7.81. The van der Waals surface area contributed by atoms with Crippen molar-refractivity contribution in [1.29, 1.82) is 0 Å². The molecule has 0 N–H and O–H groups in total. The topological polar surface area (TPSA) is 99.3 Å². The van der Waals surface area contributed by atoms with Crippen molar-refractivity contribution in [3.8, 4) is 5.69 Å². The first kappa shape index (κ1) is 20.8. The van der Waals surface area contributed by atoms with Crippen molar-refractivity contribution < 1.29 is 14.3 Å². The first-order valence-corrected chi connectivity index (χ1v) is 10.3. The Labute approximate surface area is 179 Å². The van der Waals surface area contributed by atoms with Crippen molar-refractivity contribution in [2.75, 3.05) is 20.2 Å². The van der Waals surface area contributed by atoms with Crippen LogP contribution in [0.4, 0.5) is 0 Å². The van der Waals surface area contributed by atoms with Gasteiger partial charge in [-0.15, -0.1) is 0 Å². The summed E-state index contributed by atoms with van der Waals surface area (Å²) in [4.78, 5) is 43.2. The molecule has 9 nitrogen and oxygen atoms in total. The van der Waals surface area contributed by atoms with Gasteiger partial charge < -0.3 is 9.64 Å². The molecule has 0 bridgehead atoms. The summed E-state index contributed by atoms with van der Waals surface area (Å²) >= 11 is 0. The van der Waals surface area contributed by atoms with Gasteiger partial charge >= 0.3 is 5.97 Å². The van der Waals surface area contributed by atoms with Gasteiger partial charge in [-0.05, 0) is 31.9 Å². The van der Waals surface area contributed by atoms with E-state index in [0.717, 1.165) is 11.3 Å². The van der Waals surface area contributed by atoms with Crippen molar-refractivity contribution in [2.45, 2.75) is 32.7 Å².